The summed E-state index contributed by atoms with van der Waals surface area (Å²) in [6, 6.07) is 0. The van der Waals surface area contributed by atoms with Gasteiger partial charge in [0.1, 0.15) is 6.10 Å². The minimum absolute atomic E-state index is 0.0833. The van der Waals surface area contributed by atoms with Crippen molar-refractivity contribution in [1.82, 2.24) is 9.62 Å². The predicted octanol–water partition coefficient (Wildman–Crippen LogP) is -0.668. The van der Waals surface area contributed by atoms with E-state index in [4.69, 9.17) is 9.47 Å². The average molecular weight is 306 g/mol. The van der Waals surface area contributed by atoms with E-state index in [9.17, 15) is 13.2 Å². The molecule has 2 heterocycles. The highest BCUT2D eigenvalue weighted by Gasteiger charge is 2.28. The standard InChI is InChI=1S/C12H22N2O5S/c1-10-9-14(5-7-18-10)20(16,17)8-4-13-12(15)11-3-2-6-19-11/h10-11H,2-9H2,1H3,(H,13,15). The third-order valence-electron chi connectivity index (χ3n) is 3.48. The van der Waals surface area contributed by atoms with Crippen molar-refractivity contribution < 1.29 is 22.7 Å². The number of amides is 1. The lowest BCUT2D eigenvalue weighted by molar-refractivity contribution is -0.129. The van der Waals surface area contributed by atoms with Crippen molar-refractivity contribution in [3.05, 3.63) is 0 Å². The fraction of sp³-hybridized carbons (Fsp3) is 0.917. The number of ether oxygens (including phenoxy) is 2. The molecule has 20 heavy (non-hydrogen) atoms. The molecule has 1 amide bonds. The number of carbonyl (C=O) groups excluding carboxylic acids is 1. The first-order chi connectivity index (χ1) is 9.49. The number of sulfonamides is 1. The Hall–Kier alpha value is -0.700. The summed E-state index contributed by atoms with van der Waals surface area (Å²) in [5.41, 5.74) is 0. The topological polar surface area (TPSA) is 84.9 Å². The normalized spacial score (nSPS) is 28.4. The van der Waals surface area contributed by atoms with E-state index in [0.717, 1.165) is 6.42 Å². The van der Waals surface area contributed by atoms with Crippen LogP contribution in [-0.2, 0) is 24.3 Å². The zero-order chi connectivity index (χ0) is 14.6. The molecule has 0 aromatic carbocycles. The molecule has 2 aliphatic rings. The first kappa shape index (κ1) is 15.7. The second-order valence-corrected chi connectivity index (χ2v) is 7.24. The Balaban J connectivity index is 1.75. The van der Waals surface area contributed by atoms with Crippen LogP contribution in [0.3, 0.4) is 0 Å². The molecule has 0 bridgehead atoms. The lowest BCUT2D eigenvalue weighted by Gasteiger charge is -2.30. The van der Waals surface area contributed by atoms with Crippen LogP contribution in [-0.4, -0.2) is 69.4 Å². The van der Waals surface area contributed by atoms with Crippen molar-refractivity contribution in [2.24, 2.45) is 0 Å². The molecule has 2 fully saturated rings. The van der Waals surface area contributed by atoms with Crippen molar-refractivity contribution in [3.63, 3.8) is 0 Å². The van der Waals surface area contributed by atoms with Gasteiger partial charge in [-0.25, -0.2) is 8.42 Å². The van der Waals surface area contributed by atoms with Gasteiger partial charge in [0.2, 0.25) is 15.9 Å². The highest BCUT2D eigenvalue weighted by Crippen LogP contribution is 2.12. The zero-order valence-corrected chi connectivity index (χ0v) is 12.5. The molecule has 1 N–H and O–H groups in total. The van der Waals surface area contributed by atoms with E-state index in [0.29, 0.717) is 32.7 Å². The van der Waals surface area contributed by atoms with E-state index in [1.807, 2.05) is 6.92 Å². The fourth-order valence-corrected chi connectivity index (χ4v) is 3.78. The number of nitrogens with one attached hydrogen (secondary N) is 1. The smallest absolute Gasteiger partial charge is 0.249 e. The van der Waals surface area contributed by atoms with Crippen LogP contribution < -0.4 is 5.32 Å². The Morgan fingerprint density at radius 2 is 2.15 bits per heavy atom. The van der Waals surface area contributed by atoms with Gasteiger partial charge in [0.25, 0.3) is 0 Å². The van der Waals surface area contributed by atoms with Crippen LogP contribution >= 0.6 is 0 Å². The molecule has 2 rings (SSSR count). The Labute approximate surface area is 119 Å². The first-order valence-corrected chi connectivity index (χ1v) is 8.59. The number of hydrogen-bond donors (Lipinski definition) is 1. The fourth-order valence-electron chi connectivity index (χ4n) is 2.37. The van der Waals surface area contributed by atoms with E-state index in [-0.39, 0.29) is 24.3 Å². The summed E-state index contributed by atoms with van der Waals surface area (Å²) in [6.45, 7) is 3.74. The van der Waals surface area contributed by atoms with Crippen LogP contribution in [0.5, 0.6) is 0 Å². The van der Waals surface area contributed by atoms with Crippen LogP contribution in [0.4, 0.5) is 0 Å². The molecule has 0 aliphatic carbocycles. The lowest BCUT2D eigenvalue weighted by atomic mass is 10.2. The van der Waals surface area contributed by atoms with Crippen molar-refractivity contribution >= 4 is 15.9 Å². The second-order valence-electron chi connectivity index (χ2n) is 5.15. The number of morpholine rings is 1. The molecular formula is C12H22N2O5S. The van der Waals surface area contributed by atoms with Gasteiger partial charge in [-0.3, -0.25) is 4.79 Å². The van der Waals surface area contributed by atoms with Gasteiger partial charge < -0.3 is 14.8 Å². The SMILES string of the molecule is CC1CN(S(=O)(=O)CCNC(=O)C2CCCO2)CCO1. The maximum Gasteiger partial charge on any atom is 0.249 e. The Morgan fingerprint density at radius 3 is 2.80 bits per heavy atom. The summed E-state index contributed by atoms with van der Waals surface area (Å²) >= 11 is 0. The van der Waals surface area contributed by atoms with E-state index in [1.165, 1.54) is 4.31 Å². The zero-order valence-electron chi connectivity index (χ0n) is 11.7. The molecule has 0 radical (unpaired) electrons. The van der Waals surface area contributed by atoms with Gasteiger partial charge in [-0.2, -0.15) is 4.31 Å². The quantitative estimate of drug-likeness (QED) is 0.728. The van der Waals surface area contributed by atoms with Crippen LogP contribution in [0.1, 0.15) is 19.8 Å². The summed E-state index contributed by atoms with van der Waals surface area (Å²) in [6.07, 6.45) is 1.09. The number of nitrogens with zero attached hydrogens (tertiary/aromatic N) is 1. The van der Waals surface area contributed by atoms with Gasteiger partial charge >= 0.3 is 0 Å². The largest absolute Gasteiger partial charge is 0.376 e. The van der Waals surface area contributed by atoms with Gasteiger partial charge in [-0.05, 0) is 19.8 Å². The highest BCUT2D eigenvalue weighted by molar-refractivity contribution is 7.89. The first-order valence-electron chi connectivity index (χ1n) is 6.98. The molecule has 0 aromatic rings. The van der Waals surface area contributed by atoms with Crippen molar-refractivity contribution in [2.45, 2.75) is 32.0 Å². The van der Waals surface area contributed by atoms with Crippen LogP contribution in [0, 0.1) is 0 Å². The maximum absolute atomic E-state index is 12.1. The van der Waals surface area contributed by atoms with Gasteiger partial charge in [-0.1, -0.05) is 0 Å². The average Bonchev–Trinajstić information content (AvgIpc) is 2.92. The Bertz CT molecular complexity index is 433. The summed E-state index contributed by atoms with van der Waals surface area (Å²) < 4.78 is 36.2. The van der Waals surface area contributed by atoms with Crippen molar-refractivity contribution in [3.8, 4) is 0 Å². The summed E-state index contributed by atoms with van der Waals surface area (Å²) in [7, 11) is -3.34. The van der Waals surface area contributed by atoms with Gasteiger partial charge in [0.05, 0.1) is 18.5 Å². The van der Waals surface area contributed by atoms with E-state index in [2.05, 4.69) is 5.32 Å². The maximum atomic E-state index is 12.1. The minimum Gasteiger partial charge on any atom is -0.376 e. The highest BCUT2D eigenvalue weighted by atomic mass is 32.2. The molecule has 7 nitrogen and oxygen atoms in total. The summed E-state index contributed by atoms with van der Waals surface area (Å²) in [4.78, 5) is 11.7. The van der Waals surface area contributed by atoms with E-state index < -0.39 is 16.1 Å². The number of carbonyl (C=O) groups is 1. The predicted molar refractivity (Wildman–Crippen MR) is 72.8 cm³/mol. The Morgan fingerprint density at radius 1 is 1.35 bits per heavy atom. The van der Waals surface area contributed by atoms with Gasteiger partial charge in [0, 0.05) is 26.2 Å². The molecule has 2 saturated heterocycles. The van der Waals surface area contributed by atoms with Crippen molar-refractivity contribution in [1.29, 1.82) is 0 Å². The van der Waals surface area contributed by atoms with Crippen LogP contribution in [0.15, 0.2) is 0 Å². The van der Waals surface area contributed by atoms with Crippen LogP contribution in [0.2, 0.25) is 0 Å². The molecule has 2 unspecified atom stereocenters. The molecule has 2 atom stereocenters. The number of rotatable bonds is 5. The van der Waals surface area contributed by atoms with E-state index >= 15 is 0 Å². The summed E-state index contributed by atoms with van der Waals surface area (Å²) in [5, 5.41) is 2.63. The molecule has 0 aromatic heterocycles. The third-order valence-corrected chi connectivity index (χ3v) is 5.32. The van der Waals surface area contributed by atoms with Gasteiger partial charge in [0.15, 0.2) is 0 Å². The number of hydrogen-bond acceptors (Lipinski definition) is 5. The molecule has 0 spiro atoms. The minimum atomic E-state index is -3.34. The molecule has 2 aliphatic heterocycles. The monoisotopic (exact) mass is 306 g/mol. The molecule has 8 heteroatoms. The molecule has 0 saturated carbocycles. The second kappa shape index (κ2) is 6.84. The Kier molecular flexibility index (Phi) is 5.36. The lowest BCUT2D eigenvalue weighted by Crippen LogP contribution is -2.47. The van der Waals surface area contributed by atoms with Crippen molar-refractivity contribution in [2.75, 3.05) is 38.6 Å². The molecular weight excluding hydrogens is 284 g/mol. The summed E-state index contributed by atoms with van der Waals surface area (Å²) in [5.74, 6) is -0.300. The van der Waals surface area contributed by atoms with Crippen LogP contribution in [0.25, 0.3) is 0 Å². The third kappa shape index (κ3) is 4.15. The molecule has 116 valence electrons. The van der Waals surface area contributed by atoms with E-state index in [1.54, 1.807) is 0 Å². The van der Waals surface area contributed by atoms with Gasteiger partial charge in [-0.15, -0.1) is 0 Å².